The van der Waals surface area contributed by atoms with Crippen LogP contribution in [0.15, 0.2) is 54.7 Å². The first-order valence-electron chi connectivity index (χ1n) is 9.35. The molecule has 1 N–H and O–H groups in total. The molecule has 1 aliphatic heterocycles. The van der Waals surface area contributed by atoms with E-state index in [1.165, 1.54) is 0 Å². The highest BCUT2D eigenvalue weighted by molar-refractivity contribution is 6.06. The number of carbonyl (C=O) groups excluding carboxylic acids is 2. The van der Waals surface area contributed by atoms with Crippen molar-refractivity contribution in [1.82, 2.24) is 14.8 Å². The van der Waals surface area contributed by atoms with Crippen LogP contribution in [0.5, 0.6) is 0 Å². The molecule has 2 amide bonds. The molecule has 0 aliphatic carbocycles. The lowest BCUT2D eigenvalue weighted by Gasteiger charge is -2.22. The number of aryl methyl sites for hydroxylation is 1. The zero-order valence-corrected chi connectivity index (χ0v) is 15.4. The van der Waals surface area contributed by atoms with Crippen molar-refractivity contribution < 1.29 is 9.59 Å². The van der Waals surface area contributed by atoms with Crippen LogP contribution in [-0.4, -0.2) is 52.8 Å². The summed E-state index contributed by atoms with van der Waals surface area (Å²) in [6.07, 6.45) is 2.57. The summed E-state index contributed by atoms with van der Waals surface area (Å²) in [4.78, 5) is 32.7. The van der Waals surface area contributed by atoms with Crippen LogP contribution in [0, 0.1) is 6.92 Å². The quantitative estimate of drug-likeness (QED) is 0.760. The van der Waals surface area contributed by atoms with Crippen LogP contribution < -0.4 is 0 Å². The number of hydrogen-bond acceptors (Lipinski definition) is 2. The van der Waals surface area contributed by atoms with Crippen LogP contribution in [0.3, 0.4) is 0 Å². The van der Waals surface area contributed by atoms with Gasteiger partial charge in [-0.3, -0.25) is 9.59 Å². The third-order valence-corrected chi connectivity index (χ3v) is 5.16. The van der Waals surface area contributed by atoms with Gasteiger partial charge in [-0.15, -0.1) is 0 Å². The number of H-pyrrole nitrogens is 1. The number of nitrogens with one attached hydrogen (secondary N) is 1. The lowest BCUT2D eigenvalue weighted by atomic mass is 10.1. The highest BCUT2D eigenvalue weighted by Crippen LogP contribution is 2.20. The Hall–Kier alpha value is -3.08. The fraction of sp³-hybridized carbons (Fsp3) is 0.273. The Labute approximate surface area is 158 Å². The maximum absolute atomic E-state index is 13.0. The second-order valence-electron chi connectivity index (χ2n) is 7.06. The summed E-state index contributed by atoms with van der Waals surface area (Å²) in [6, 6.07) is 15.5. The lowest BCUT2D eigenvalue weighted by Crippen LogP contribution is -2.37. The van der Waals surface area contributed by atoms with Gasteiger partial charge in [0.25, 0.3) is 11.8 Å². The first-order chi connectivity index (χ1) is 13.1. The van der Waals surface area contributed by atoms with E-state index in [0.29, 0.717) is 37.3 Å². The van der Waals surface area contributed by atoms with Gasteiger partial charge in [-0.1, -0.05) is 35.9 Å². The third kappa shape index (κ3) is 3.45. The minimum Gasteiger partial charge on any atom is -0.360 e. The van der Waals surface area contributed by atoms with Gasteiger partial charge in [-0.05, 0) is 31.5 Å². The van der Waals surface area contributed by atoms with Crippen LogP contribution in [0.2, 0.25) is 0 Å². The van der Waals surface area contributed by atoms with Crippen molar-refractivity contribution in [2.45, 2.75) is 13.3 Å². The molecule has 27 heavy (non-hydrogen) atoms. The van der Waals surface area contributed by atoms with E-state index in [4.69, 9.17) is 0 Å². The molecule has 0 saturated carbocycles. The van der Waals surface area contributed by atoms with Crippen molar-refractivity contribution >= 4 is 22.7 Å². The van der Waals surface area contributed by atoms with Gasteiger partial charge in [0.15, 0.2) is 0 Å². The molecule has 0 spiro atoms. The number of aromatic nitrogens is 1. The molecule has 5 nitrogen and oxygen atoms in total. The number of hydrogen-bond donors (Lipinski definition) is 1. The van der Waals surface area contributed by atoms with Crippen LogP contribution >= 0.6 is 0 Å². The molecule has 5 heteroatoms. The lowest BCUT2D eigenvalue weighted by molar-refractivity contribution is 0.0719. The van der Waals surface area contributed by atoms with Crippen LogP contribution in [0.25, 0.3) is 10.9 Å². The van der Waals surface area contributed by atoms with E-state index < -0.39 is 0 Å². The number of carbonyl (C=O) groups is 2. The van der Waals surface area contributed by atoms with Crippen molar-refractivity contribution in [3.8, 4) is 0 Å². The number of amides is 2. The standard InChI is InChI=1S/C22H23N3O2/c1-16-6-4-7-17(14-16)21(26)24-10-5-11-25(13-12-24)22(27)19-15-23-20-9-3-2-8-18(19)20/h2-4,6-9,14-15,23H,5,10-13H2,1H3. The van der Waals surface area contributed by atoms with Crippen molar-refractivity contribution in [2.75, 3.05) is 26.2 Å². The zero-order valence-electron chi connectivity index (χ0n) is 15.4. The molecule has 1 aromatic heterocycles. The summed E-state index contributed by atoms with van der Waals surface area (Å²) in [6.45, 7) is 4.43. The Morgan fingerprint density at radius 1 is 0.889 bits per heavy atom. The molecule has 138 valence electrons. The van der Waals surface area contributed by atoms with Gasteiger partial charge >= 0.3 is 0 Å². The molecule has 0 bridgehead atoms. The normalized spacial score (nSPS) is 15.0. The van der Waals surface area contributed by atoms with Gasteiger partial charge in [0.1, 0.15) is 0 Å². The molecule has 3 aromatic rings. The fourth-order valence-corrected chi connectivity index (χ4v) is 3.70. The predicted octanol–water partition coefficient (Wildman–Crippen LogP) is 3.46. The van der Waals surface area contributed by atoms with Gasteiger partial charge in [0, 0.05) is 48.8 Å². The highest BCUT2D eigenvalue weighted by atomic mass is 16.2. The SMILES string of the molecule is Cc1cccc(C(=O)N2CCCN(C(=O)c3c[nH]c4ccccc34)CC2)c1. The minimum absolute atomic E-state index is 0.0253. The Balaban J connectivity index is 1.48. The van der Waals surface area contributed by atoms with Crippen LogP contribution in [0.1, 0.15) is 32.7 Å². The summed E-state index contributed by atoms with van der Waals surface area (Å²) in [5.74, 6) is 0.0670. The summed E-state index contributed by atoms with van der Waals surface area (Å²) in [5, 5.41) is 0.944. The Morgan fingerprint density at radius 3 is 2.41 bits per heavy atom. The average Bonchev–Trinajstić information content (AvgIpc) is 2.96. The number of para-hydroxylation sites is 1. The first-order valence-corrected chi connectivity index (χ1v) is 9.35. The van der Waals surface area contributed by atoms with E-state index in [1.54, 1.807) is 6.20 Å². The molecule has 0 radical (unpaired) electrons. The van der Waals surface area contributed by atoms with Crippen molar-refractivity contribution in [2.24, 2.45) is 0 Å². The van der Waals surface area contributed by atoms with Crippen molar-refractivity contribution in [1.29, 1.82) is 0 Å². The van der Waals surface area contributed by atoms with E-state index >= 15 is 0 Å². The Kier molecular flexibility index (Phi) is 4.67. The zero-order chi connectivity index (χ0) is 18.8. The van der Waals surface area contributed by atoms with Crippen molar-refractivity contribution in [3.63, 3.8) is 0 Å². The Morgan fingerprint density at radius 2 is 1.63 bits per heavy atom. The number of fused-ring (bicyclic) bond motifs is 1. The predicted molar refractivity (Wildman–Crippen MR) is 106 cm³/mol. The van der Waals surface area contributed by atoms with Gasteiger partial charge in [0.05, 0.1) is 5.56 Å². The summed E-state index contributed by atoms with van der Waals surface area (Å²) < 4.78 is 0. The number of aromatic amines is 1. The maximum Gasteiger partial charge on any atom is 0.256 e. The molecule has 4 rings (SSSR count). The van der Waals surface area contributed by atoms with Crippen LogP contribution in [-0.2, 0) is 0 Å². The Bertz CT molecular complexity index is 992. The fourth-order valence-electron chi connectivity index (χ4n) is 3.70. The van der Waals surface area contributed by atoms with Crippen molar-refractivity contribution in [3.05, 3.63) is 71.4 Å². The van der Waals surface area contributed by atoms with E-state index in [-0.39, 0.29) is 11.8 Å². The topological polar surface area (TPSA) is 56.4 Å². The highest BCUT2D eigenvalue weighted by Gasteiger charge is 2.24. The second kappa shape index (κ2) is 7.27. The third-order valence-electron chi connectivity index (χ3n) is 5.16. The van der Waals surface area contributed by atoms with E-state index in [2.05, 4.69) is 4.98 Å². The van der Waals surface area contributed by atoms with E-state index in [0.717, 1.165) is 22.9 Å². The largest absolute Gasteiger partial charge is 0.360 e. The number of nitrogens with zero attached hydrogens (tertiary/aromatic N) is 2. The number of benzene rings is 2. The van der Waals surface area contributed by atoms with Gasteiger partial charge < -0.3 is 14.8 Å². The maximum atomic E-state index is 13.0. The molecule has 0 unspecified atom stereocenters. The van der Waals surface area contributed by atoms with Crippen LogP contribution in [0.4, 0.5) is 0 Å². The molecule has 2 aromatic carbocycles. The summed E-state index contributed by atoms with van der Waals surface area (Å²) >= 11 is 0. The second-order valence-corrected chi connectivity index (χ2v) is 7.06. The van der Waals surface area contributed by atoms with Gasteiger partial charge in [0.2, 0.25) is 0 Å². The first kappa shape index (κ1) is 17.3. The molecule has 1 aliphatic rings. The van der Waals surface area contributed by atoms with Gasteiger partial charge in [-0.25, -0.2) is 0 Å². The smallest absolute Gasteiger partial charge is 0.256 e. The minimum atomic E-state index is 0.0253. The molecule has 1 saturated heterocycles. The average molecular weight is 361 g/mol. The van der Waals surface area contributed by atoms with Gasteiger partial charge in [-0.2, -0.15) is 0 Å². The molecular formula is C22H23N3O2. The monoisotopic (exact) mass is 361 g/mol. The summed E-state index contributed by atoms with van der Waals surface area (Å²) in [7, 11) is 0. The molecular weight excluding hydrogens is 338 g/mol. The van der Waals surface area contributed by atoms with E-state index in [1.807, 2.05) is 65.3 Å². The molecule has 0 atom stereocenters. The molecule has 2 heterocycles. The molecule has 1 fully saturated rings. The summed E-state index contributed by atoms with van der Waals surface area (Å²) in [5.41, 5.74) is 3.45. The number of rotatable bonds is 2. The van der Waals surface area contributed by atoms with E-state index in [9.17, 15) is 9.59 Å².